The molecule has 5 aliphatic heterocycles. The van der Waals surface area contributed by atoms with Crippen molar-refractivity contribution in [2.75, 3.05) is 136 Å². The number of amides is 4. The molecule has 4 aromatic rings. The van der Waals surface area contributed by atoms with Crippen LogP contribution in [0.2, 0.25) is 0 Å². The number of ether oxygens (including phenoxy) is 10. The summed E-state index contributed by atoms with van der Waals surface area (Å²) < 4.78 is 64.0. The number of oxazole rings is 1. The number of anilines is 3. The van der Waals surface area contributed by atoms with Crippen LogP contribution in [0.4, 0.5) is 22.4 Å². The maximum Gasteiger partial charge on any atom is 0.410 e. The van der Waals surface area contributed by atoms with E-state index < -0.39 is 53.6 Å². The van der Waals surface area contributed by atoms with E-state index in [4.69, 9.17) is 74.4 Å². The van der Waals surface area contributed by atoms with E-state index >= 15 is 0 Å². The second-order valence-electron chi connectivity index (χ2n) is 33.6. The third-order valence-electron chi connectivity index (χ3n) is 24.2. The minimum absolute atomic E-state index is 0.00336. The lowest BCUT2D eigenvalue weighted by atomic mass is 9.83. The van der Waals surface area contributed by atoms with Crippen molar-refractivity contribution in [2.45, 2.75) is 231 Å². The van der Waals surface area contributed by atoms with E-state index in [1.54, 1.807) is 30.2 Å². The van der Waals surface area contributed by atoms with Gasteiger partial charge in [-0.3, -0.25) is 29.4 Å². The molecule has 31 nitrogen and oxygen atoms in total. The lowest BCUT2D eigenvalue weighted by Gasteiger charge is -2.38. The first-order valence-electron chi connectivity index (χ1n) is 44.0. The van der Waals surface area contributed by atoms with Crippen LogP contribution < -0.4 is 27.8 Å². The number of benzene rings is 2. The van der Waals surface area contributed by atoms with Crippen LogP contribution in [-0.2, 0) is 95.6 Å². The number of rotatable bonds is 32. The molecule has 2 bridgehead atoms. The number of nitrogen functional groups attached to an aromatic ring is 2. The van der Waals surface area contributed by atoms with Gasteiger partial charge in [-0.05, 0) is 193 Å². The number of hydrogen-bond donors (Lipinski definition) is 7. The molecule has 1 aliphatic carbocycles. The van der Waals surface area contributed by atoms with Gasteiger partial charge in [-0.1, -0.05) is 75.4 Å². The molecule has 122 heavy (non-hydrogen) atoms. The van der Waals surface area contributed by atoms with Gasteiger partial charge in [0.05, 0.1) is 121 Å². The number of cyclic esters (lactones) is 1. The number of nitrogens with one attached hydrogen (secondary N) is 3. The molecule has 2 aromatic carbocycles. The van der Waals surface area contributed by atoms with E-state index in [2.05, 4.69) is 51.6 Å². The highest BCUT2D eigenvalue weighted by Crippen LogP contribution is 2.35. The van der Waals surface area contributed by atoms with Crippen molar-refractivity contribution < 1.29 is 90.5 Å². The Morgan fingerprint density at radius 2 is 1.42 bits per heavy atom. The van der Waals surface area contributed by atoms with Crippen molar-refractivity contribution in [3.63, 3.8) is 0 Å². The summed E-state index contributed by atoms with van der Waals surface area (Å²) in [6.45, 7) is 16.8. The summed E-state index contributed by atoms with van der Waals surface area (Å²) >= 11 is 0. The monoisotopic (exact) mass is 1700 g/mol. The number of methoxy groups -OCH3 is 1. The van der Waals surface area contributed by atoms with E-state index in [9.17, 15) is 38.7 Å². The fraction of sp³-hybridized carbons (Fsp3) is 0.637. The zero-order valence-corrected chi connectivity index (χ0v) is 72.4. The summed E-state index contributed by atoms with van der Waals surface area (Å²) in [5.41, 5.74) is 24.5. The fourth-order valence-corrected chi connectivity index (χ4v) is 16.8. The van der Waals surface area contributed by atoms with Gasteiger partial charge in [0.1, 0.15) is 53.6 Å². The van der Waals surface area contributed by atoms with Gasteiger partial charge in [0.15, 0.2) is 5.58 Å². The van der Waals surface area contributed by atoms with Gasteiger partial charge >= 0.3 is 12.1 Å². The van der Waals surface area contributed by atoms with Crippen LogP contribution in [0.5, 0.6) is 0 Å². The van der Waals surface area contributed by atoms with E-state index in [0.29, 0.717) is 203 Å². The molecule has 2 aromatic heterocycles. The van der Waals surface area contributed by atoms with Gasteiger partial charge in [-0.15, -0.1) is 0 Å². The molecule has 10 N–H and O–H groups in total. The number of aliphatic hydroxyl groups excluding tert-OH is 1. The third kappa shape index (κ3) is 29.4. The number of carbonyl (C=O) groups excluding carboxylic acids is 7. The summed E-state index contributed by atoms with van der Waals surface area (Å²) in [6.07, 6.45) is 21.3. The van der Waals surface area contributed by atoms with E-state index in [0.717, 1.165) is 48.8 Å². The van der Waals surface area contributed by atoms with Crippen molar-refractivity contribution in [3.8, 4) is 0 Å². The third-order valence-corrected chi connectivity index (χ3v) is 24.2. The maximum atomic E-state index is 14.5. The van der Waals surface area contributed by atoms with Crippen molar-refractivity contribution >= 4 is 75.8 Å². The van der Waals surface area contributed by atoms with Crippen LogP contribution in [0.15, 0.2) is 94.7 Å². The molecule has 7 heterocycles. The largest absolute Gasteiger partial charge is 0.461 e. The highest BCUT2D eigenvalue weighted by atomic mass is 16.6. The Labute approximate surface area is 717 Å². The Bertz CT molecular complexity index is 4210. The smallest absolute Gasteiger partial charge is 0.410 e. The summed E-state index contributed by atoms with van der Waals surface area (Å²) in [5.74, 6) is -1.42. The number of aromatic nitrogens is 3. The number of piperidine rings is 2. The number of esters is 1. The topological polar surface area (TPSA) is 420 Å². The van der Waals surface area contributed by atoms with Gasteiger partial charge in [-0.25, -0.2) is 19.6 Å². The highest BCUT2D eigenvalue weighted by Gasteiger charge is 2.43. The molecular formula is C91H132N12O19. The van der Waals surface area contributed by atoms with E-state index in [1.807, 2.05) is 68.2 Å². The predicted molar refractivity (Wildman–Crippen MR) is 460 cm³/mol. The molecule has 670 valence electrons. The number of carbonyl (C=O) groups is 7. The van der Waals surface area contributed by atoms with Gasteiger partial charge in [0.25, 0.3) is 11.9 Å². The van der Waals surface area contributed by atoms with Crippen LogP contribution in [0, 0.1) is 29.1 Å². The standard InChI is InChI=1S/C91H132N12O19/c1-60-13-8-7-9-14-62(3)79(112-6)55-72-15-12-17-78(119-72)83(107)86(108)103-35-11-10-16-74(103)87(109)120-70(25-18-61(2)52-64(5)76(105)56-75(104)63(4)51-60)26-20-65-21-27-71(28-22-65)121-90(111)101-37-32-91(95,33-38-101)88(110)96-34-40-114-42-44-116-46-48-118-50-49-117-47-45-115-43-41-113-39-31-80(106)102-36-30-67-53-66(19-23-69(67)58-102)57-97-85-81(84(93)98-59-99-85)82(92)68-24-29-77-73(54-68)100-89(94)122-77/h7-9,13-14,19,23-24,29,52-54,59-61,63,65,70-72,74,76,78-79,92,105H,10-12,15-18,20-22,25-28,30-51,55-58,95H2,1-6H3,(H2,94,100)(H,96,110)(H3,93,97,98,99)/b9-7+,13-8+,62-14+,64-52+,92-82?/t60-,61+,63-,65-,70+,71-,72?,74+,76+,78?,79+/m1/s1. The summed E-state index contributed by atoms with van der Waals surface area (Å²) in [5, 5.41) is 26.5. The van der Waals surface area contributed by atoms with Gasteiger partial charge in [0, 0.05) is 77.2 Å². The van der Waals surface area contributed by atoms with Crippen LogP contribution in [0.25, 0.3) is 11.1 Å². The number of hydrogen-bond acceptors (Lipinski definition) is 27. The average Bonchev–Trinajstić information content (AvgIpc) is 1.52. The van der Waals surface area contributed by atoms with Crippen LogP contribution >= 0.6 is 0 Å². The first-order chi connectivity index (χ1) is 58.9. The number of fused-ring (bicyclic) bond motifs is 5. The van der Waals surface area contributed by atoms with Gasteiger partial charge in [-0.2, -0.15) is 4.98 Å². The van der Waals surface area contributed by atoms with Crippen molar-refractivity contribution in [2.24, 2.45) is 29.4 Å². The molecule has 6 aliphatic rings. The van der Waals surface area contributed by atoms with Crippen molar-refractivity contribution in [1.82, 2.24) is 35.0 Å². The first-order valence-corrected chi connectivity index (χ1v) is 44.0. The second-order valence-corrected chi connectivity index (χ2v) is 33.6. The normalized spacial score (nSPS) is 25.9. The maximum absolute atomic E-state index is 14.5. The molecule has 4 fully saturated rings. The van der Waals surface area contributed by atoms with Crippen molar-refractivity contribution in [1.29, 1.82) is 5.41 Å². The predicted octanol–water partition coefficient (Wildman–Crippen LogP) is 10.2. The first kappa shape index (κ1) is 95.3. The molecule has 10 rings (SSSR count). The highest BCUT2D eigenvalue weighted by molar-refractivity contribution is 6.38. The average molecular weight is 1700 g/mol. The zero-order chi connectivity index (χ0) is 86.9. The quantitative estimate of drug-likeness (QED) is 0.00785. The van der Waals surface area contributed by atoms with Crippen LogP contribution in [0.3, 0.4) is 0 Å². The summed E-state index contributed by atoms with van der Waals surface area (Å²) in [6, 6.07) is 10.5. The lowest BCUT2D eigenvalue weighted by Crippen LogP contribution is -2.60. The molecule has 9 atom stereocenters. The molecule has 31 heteroatoms. The number of nitrogens with two attached hydrogens (primary N) is 3. The second kappa shape index (κ2) is 49.0. The fourth-order valence-electron chi connectivity index (χ4n) is 16.8. The molecule has 3 saturated heterocycles. The Balaban J connectivity index is 0.541. The van der Waals surface area contributed by atoms with Gasteiger partial charge < -0.3 is 99.4 Å². The zero-order valence-electron chi connectivity index (χ0n) is 72.4. The van der Waals surface area contributed by atoms with E-state index in [1.165, 1.54) is 16.8 Å². The minimum Gasteiger partial charge on any atom is -0.461 e. The van der Waals surface area contributed by atoms with Gasteiger partial charge in [0.2, 0.25) is 17.6 Å². The van der Waals surface area contributed by atoms with Crippen LogP contribution in [-0.4, -0.2) is 249 Å². The molecular weight excluding hydrogens is 1570 g/mol. The Morgan fingerprint density at radius 3 is 2.13 bits per heavy atom. The van der Waals surface area contributed by atoms with Crippen molar-refractivity contribution in [3.05, 3.63) is 118 Å². The number of Topliss-reactive ketones (excluding diaryl/α,β-unsaturated/α-hetero) is 2. The molecule has 2 unspecified atom stereocenters. The number of allylic oxidation sites excluding steroid dienone is 6. The number of nitrogens with zero attached hydrogens (tertiary/aromatic N) is 6. The lowest BCUT2D eigenvalue weighted by molar-refractivity contribution is -0.167. The Hall–Kier alpha value is -8.89. The Kier molecular flexibility index (Phi) is 38.3. The molecule has 0 spiro atoms. The molecule has 1 saturated carbocycles. The number of likely N-dealkylation sites (tertiary alicyclic amines) is 1. The van der Waals surface area contributed by atoms with E-state index in [-0.39, 0.29) is 136 Å². The number of aliphatic hydroxyl groups is 1. The molecule has 4 amide bonds. The minimum atomic E-state index is -1.15. The summed E-state index contributed by atoms with van der Waals surface area (Å²) in [4.78, 5) is 114. The Morgan fingerprint density at radius 1 is 0.713 bits per heavy atom. The summed E-state index contributed by atoms with van der Waals surface area (Å²) in [7, 11) is 1.65. The SMILES string of the molecule is CO[C@H]1CC2CCCC(O2)C(=O)C(=O)N2CCCC[C@H]2C(=O)O[C@H](CC[C@H]2CC[C@H](OC(=O)N3CCC(N)(C(=O)NCCOCCOCCOCCOCCOCCOCCC(=O)N4CCc5cc(CNc6ncnc(N)c6C(=N)c6ccc7oc(N)nc7c6)ccc5C4)CC3)CC2)CC[C@H](C)/C=C(\C)[C@@H](O)CC(=O)[C@H](C)C[C@H](C)/C=C/C=C/C=C/1C. The molecule has 0 radical (unpaired) electrons. The number of ketones is 2. The van der Waals surface area contributed by atoms with Crippen LogP contribution in [0.1, 0.15) is 191 Å².